The molecule has 7 nitrogen and oxygen atoms in total. The van der Waals surface area contributed by atoms with Crippen molar-refractivity contribution in [2.24, 2.45) is 0 Å². The molecule has 1 aromatic carbocycles. The minimum Gasteiger partial charge on any atom is -0.320 e. The number of nitro groups is 1. The van der Waals surface area contributed by atoms with E-state index in [2.05, 4.69) is 5.32 Å². The summed E-state index contributed by atoms with van der Waals surface area (Å²) in [4.78, 5) is 24.1. The summed E-state index contributed by atoms with van der Waals surface area (Å²) >= 11 is 5.93. The van der Waals surface area contributed by atoms with E-state index in [-0.39, 0.29) is 16.3 Å². The molecule has 0 radical (unpaired) electrons. The Morgan fingerprint density at radius 3 is 3.00 bits per heavy atom. The van der Waals surface area contributed by atoms with Gasteiger partial charge in [0.2, 0.25) is 0 Å². The van der Waals surface area contributed by atoms with Crippen molar-refractivity contribution in [3.63, 3.8) is 0 Å². The molecule has 1 heterocycles. The molecular weight excluding hydrogens is 284 g/mol. The van der Waals surface area contributed by atoms with Gasteiger partial charge in [-0.25, -0.2) is 0 Å². The zero-order valence-electron chi connectivity index (χ0n) is 10.4. The minimum atomic E-state index is -0.660. The second-order valence-electron chi connectivity index (χ2n) is 4.24. The summed E-state index contributed by atoms with van der Waals surface area (Å²) in [5.41, 5.74) is -0.515. The molecule has 0 aromatic heterocycles. The molecule has 1 unspecified atom stereocenters. The van der Waals surface area contributed by atoms with E-state index in [4.69, 9.17) is 16.9 Å². The average Bonchev–Trinajstić information content (AvgIpc) is 2.46. The number of rotatable bonds is 2. The first-order valence-electron chi connectivity index (χ1n) is 5.90. The number of carbonyl (C=O) groups excluding carboxylic acids is 1. The molecule has 20 heavy (non-hydrogen) atoms. The summed E-state index contributed by atoms with van der Waals surface area (Å²) < 4.78 is 0. The zero-order chi connectivity index (χ0) is 14.7. The van der Waals surface area contributed by atoms with Crippen LogP contribution in [0, 0.1) is 21.4 Å². The number of halogens is 1. The molecule has 1 aliphatic rings. The molecule has 1 N–H and O–H groups in total. The smallest absolute Gasteiger partial charge is 0.283 e. The largest absolute Gasteiger partial charge is 0.320 e. The van der Waals surface area contributed by atoms with Crippen molar-refractivity contribution in [1.82, 2.24) is 10.2 Å². The molecule has 2 rings (SSSR count). The van der Waals surface area contributed by atoms with Crippen molar-refractivity contribution in [3.05, 3.63) is 38.9 Å². The van der Waals surface area contributed by atoms with Crippen LogP contribution < -0.4 is 5.32 Å². The van der Waals surface area contributed by atoms with E-state index in [0.717, 1.165) is 0 Å². The van der Waals surface area contributed by atoms with Crippen LogP contribution in [0.2, 0.25) is 5.02 Å². The van der Waals surface area contributed by atoms with Gasteiger partial charge in [0.15, 0.2) is 0 Å². The predicted octanol–water partition coefficient (Wildman–Crippen LogP) is 1.19. The van der Waals surface area contributed by atoms with Gasteiger partial charge in [0.25, 0.3) is 11.6 Å². The second kappa shape index (κ2) is 5.86. The number of nitrogens with one attached hydrogen (secondary N) is 1. The normalized spacial score (nSPS) is 18.4. The monoisotopic (exact) mass is 294 g/mol. The van der Waals surface area contributed by atoms with Gasteiger partial charge in [0.1, 0.15) is 11.6 Å². The summed E-state index contributed by atoms with van der Waals surface area (Å²) in [5, 5.41) is 23.1. The van der Waals surface area contributed by atoms with Crippen molar-refractivity contribution in [1.29, 1.82) is 5.26 Å². The fourth-order valence-electron chi connectivity index (χ4n) is 2.08. The molecule has 0 aliphatic carbocycles. The van der Waals surface area contributed by atoms with Crippen molar-refractivity contribution in [2.75, 3.05) is 19.6 Å². The third kappa shape index (κ3) is 2.57. The van der Waals surface area contributed by atoms with Crippen molar-refractivity contribution in [3.8, 4) is 6.07 Å². The second-order valence-corrected chi connectivity index (χ2v) is 4.65. The van der Waals surface area contributed by atoms with Gasteiger partial charge < -0.3 is 10.2 Å². The number of amides is 1. The number of piperazine rings is 1. The van der Waals surface area contributed by atoms with Gasteiger partial charge in [-0.15, -0.1) is 0 Å². The highest BCUT2D eigenvalue weighted by Gasteiger charge is 2.32. The molecule has 1 atom stereocenters. The van der Waals surface area contributed by atoms with Gasteiger partial charge in [-0.1, -0.05) is 17.7 Å². The van der Waals surface area contributed by atoms with E-state index in [9.17, 15) is 14.9 Å². The van der Waals surface area contributed by atoms with Crippen LogP contribution in [-0.4, -0.2) is 41.4 Å². The number of nitrogens with zero attached hydrogens (tertiary/aromatic N) is 3. The van der Waals surface area contributed by atoms with E-state index in [1.807, 2.05) is 6.07 Å². The Kier molecular flexibility index (Phi) is 4.17. The van der Waals surface area contributed by atoms with Gasteiger partial charge >= 0.3 is 0 Å². The first-order chi connectivity index (χ1) is 9.56. The van der Waals surface area contributed by atoms with E-state index in [0.29, 0.717) is 19.6 Å². The molecule has 1 amide bonds. The van der Waals surface area contributed by atoms with E-state index >= 15 is 0 Å². The fourth-order valence-corrected chi connectivity index (χ4v) is 2.33. The Labute approximate surface area is 119 Å². The lowest BCUT2D eigenvalue weighted by molar-refractivity contribution is -0.385. The predicted molar refractivity (Wildman–Crippen MR) is 71.4 cm³/mol. The number of nitro benzene ring substituents is 1. The van der Waals surface area contributed by atoms with Gasteiger partial charge in [-0.3, -0.25) is 14.9 Å². The molecule has 1 aromatic rings. The van der Waals surface area contributed by atoms with Crippen molar-refractivity contribution < 1.29 is 9.72 Å². The Bertz CT molecular complexity index is 599. The molecule has 0 bridgehead atoms. The van der Waals surface area contributed by atoms with Crippen LogP contribution in [0.25, 0.3) is 0 Å². The molecular formula is C12H11ClN4O3. The Balaban J connectivity index is 2.43. The summed E-state index contributed by atoms with van der Waals surface area (Å²) in [6.07, 6.45) is 0. The summed E-state index contributed by atoms with van der Waals surface area (Å²) in [7, 11) is 0. The van der Waals surface area contributed by atoms with E-state index in [1.165, 1.54) is 23.1 Å². The number of carbonyl (C=O) groups is 1. The molecule has 1 aliphatic heterocycles. The third-order valence-electron chi connectivity index (χ3n) is 3.06. The molecule has 0 saturated carbocycles. The van der Waals surface area contributed by atoms with Gasteiger partial charge in [0.05, 0.1) is 16.0 Å². The lowest BCUT2D eigenvalue weighted by Crippen LogP contribution is -2.53. The Hall–Kier alpha value is -2.17. The highest BCUT2D eigenvalue weighted by molar-refractivity contribution is 6.34. The van der Waals surface area contributed by atoms with Crippen molar-refractivity contribution >= 4 is 23.2 Å². The van der Waals surface area contributed by atoms with Gasteiger partial charge in [-0.05, 0) is 6.07 Å². The lowest BCUT2D eigenvalue weighted by atomic mass is 10.1. The minimum absolute atomic E-state index is 0.0134. The molecule has 104 valence electrons. The lowest BCUT2D eigenvalue weighted by Gasteiger charge is -2.32. The van der Waals surface area contributed by atoms with Crippen LogP contribution >= 0.6 is 11.6 Å². The maximum absolute atomic E-state index is 12.5. The molecule has 1 fully saturated rings. The summed E-state index contributed by atoms with van der Waals surface area (Å²) in [6, 6.07) is 5.40. The van der Waals surface area contributed by atoms with Crippen LogP contribution in [0.5, 0.6) is 0 Å². The highest BCUT2D eigenvalue weighted by Crippen LogP contribution is 2.28. The van der Waals surface area contributed by atoms with Crippen LogP contribution in [0.4, 0.5) is 5.69 Å². The average molecular weight is 295 g/mol. The number of nitriles is 1. The first-order valence-corrected chi connectivity index (χ1v) is 6.28. The summed E-state index contributed by atoms with van der Waals surface area (Å²) in [5.74, 6) is -0.588. The number of benzene rings is 1. The molecule has 0 spiro atoms. The number of hydrogen-bond donors (Lipinski definition) is 1. The number of hydrogen-bond acceptors (Lipinski definition) is 5. The van der Waals surface area contributed by atoms with Crippen molar-refractivity contribution in [2.45, 2.75) is 6.04 Å². The molecule has 1 saturated heterocycles. The fraction of sp³-hybridized carbons (Fsp3) is 0.333. The SMILES string of the molecule is N#CC1CNCCN1C(=O)c1c(Cl)cccc1[N+](=O)[O-]. The zero-order valence-corrected chi connectivity index (χ0v) is 11.1. The quantitative estimate of drug-likeness (QED) is 0.652. The van der Waals surface area contributed by atoms with Crippen LogP contribution in [0.1, 0.15) is 10.4 Å². The Morgan fingerprint density at radius 2 is 2.35 bits per heavy atom. The first kappa shape index (κ1) is 14.2. The Morgan fingerprint density at radius 1 is 1.60 bits per heavy atom. The topological polar surface area (TPSA) is 99.3 Å². The van der Waals surface area contributed by atoms with Gasteiger partial charge in [0, 0.05) is 25.7 Å². The van der Waals surface area contributed by atoms with Crippen LogP contribution in [0.15, 0.2) is 18.2 Å². The van der Waals surface area contributed by atoms with Crippen LogP contribution in [0.3, 0.4) is 0 Å². The van der Waals surface area contributed by atoms with Gasteiger partial charge in [-0.2, -0.15) is 5.26 Å². The highest BCUT2D eigenvalue weighted by atomic mass is 35.5. The van der Waals surface area contributed by atoms with Crippen LogP contribution in [-0.2, 0) is 0 Å². The summed E-state index contributed by atoms with van der Waals surface area (Å²) in [6.45, 7) is 1.17. The molecule has 8 heteroatoms. The van der Waals surface area contributed by atoms with E-state index < -0.39 is 16.9 Å². The standard InChI is InChI=1S/C12H11ClN4O3/c13-9-2-1-3-10(17(19)20)11(9)12(18)16-5-4-15-7-8(16)6-14/h1-3,8,15H,4-5,7H2. The maximum atomic E-state index is 12.5. The maximum Gasteiger partial charge on any atom is 0.283 e. The third-order valence-corrected chi connectivity index (χ3v) is 3.37. The van der Waals surface area contributed by atoms with E-state index in [1.54, 1.807) is 0 Å².